The Morgan fingerprint density at radius 3 is 2.62 bits per heavy atom. The zero-order chi connectivity index (χ0) is 14.5. The van der Waals surface area contributed by atoms with Crippen molar-refractivity contribution in [2.75, 3.05) is 0 Å². The third-order valence-corrected chi connectivity index (χ3v) is 3.42. The lowest BCUT2D eigenvalue weighted by Crippen LogP contribution is -2.05. The molecule has 0 radical (unpaired) electrons. The van der Waals surface area contributed by atoms with E-state index >= 15 is 0 Å². The molecule has 2 aromatic carbocycles. The Labute approximate surface area is 124 Å². The van der Waals surface area contributed by atoms with Gasteiger partial charge in [0.05, 0.1) is 11.6 Å². The first kappa shape index (κ1) is 13.1. The van der Waals surface area contributed by atoms with Crippen molar-refractivity contribution in [1.82, 2.24) is 9.55 Å². The van der Waals surface area contributed by atoms with Gasteiger partial charge < -0.3 is 4.57 Å². The van der Waals surface area contributed by atoms with Crippen molar-refractivity contribution in [3.8, 4) is 6.07 Å². The van der Waals surface area contributed by atoms with Gasteiger partial charge in [0.1, 0.15) is 5.82 Å². The fraction of sp³-hybridized carbons (Fsp3) is 0.111. The molecule has 0 aliphatic carbocycles. The average Bonchev–Trinajstić information content (AvgIpc) is 2.95. The van der Waals surface area contributed by atoms with Gasteiger partial charge in [-0.2, -0.15) is 5.26 Å². The molecule has 0 saturated carbocycles. The molecule has 0 unspecified atom stereocenters. The summed E-state index contributed by atoms with van der Waals surface area (Å²) in [5, 5.41) is 8.97. The van der Waals surface area contributed by atoms with Crippen LogP contribution in [0.15, 0.2) is 67.0 Å². The van der Waals surface area contributed by atoms with Crippen LogP contribution in [0.25, 0.3) is 0 Å². The molecule has 0 fully saturated rings. The van der Waals surface area contributed by atoms with Gasteiger partial charge in [-0.05, 0) is 23.3 Å². The van der Waals surface area contributed by atoms with Gasteiger partial charge in [0.15, 0.2) is 0 Å². The van der Waals surface area contributed by atoms with Gasteiger partial charge in [0, 0.05) is 25.4 Å². The van der Waals surface area contributed by atoms with Gasteiger partial charge in [-0.25, -0.2) is 4.98 Å². The fourth-order valence-electron chi connectivity index (χ4n) is 2.37. The highest BCUT2D eigenvalue weighted by Gasteiger charge is 2.05. The largest absolute Gasteiger partial charge is 0.330 e. The minimum Gasteiger partial charge on any atom is -0.330 e. The number of aromatic nitrogens is 2. The van der Waals surface area contributed by atoms with E-state index in [1.807, 2.05) is 54.9 Å². The Balaban J connectivity index is 1.81. The van der Waals surface area contributed by atoms with Gasteiger partial charge >= 0.3 is 0 Å². The normalized spacial score (nSPS) is 10.2. The Morgan fingerprint density at radius 2 is 1.81 bits per heavy atom. The molecule has 3 nitrogen and oxygen atoms in total. The molecule has 0 aliphatic heterocycles. The van der Waals surface area contributed by atoms with Crippen LogP contribution in [-0.2, 0) is 13.0 Å². The smallest absolute Gasteiger partial charge is 0.113 e. The summed E-state index contributed by atoms with van der Waals surface area (Å²) >= 11 is 0. The minimum absolute atomic E-state index is 0.692. The highest BCUT2D eigenvalue weighted by Crippen LogP contribution is 2.11. The van der Waals surface area contributed by atoms with Crippen LogP contribution >= 0.6 is 0 Å². The summed E-state index contributed by atoms with van der Waals surface area (Å²) in [6.07, 6.45) is 4.62. The van der Waals surface area contributed by atoms with Crippen LogP contribution in [0.3, 0.4) is 0 Å². The summed E-state index contributed by atoms with van der Waals surface area (Å²) in [5.41, 5.74) is 3.05. The molecule has 0 amide bonds. The fourth-order valence-corrected chi connectivity index (χ4v) is 2.37. The Morgan fingerprint density at radius 1 is 1.00 bits per heavy atom. The molecule has 0 spiro atoms. The summed E-state index contributed by atoms with van der Waals surface area (Å²) < 4.78 is 2.13. The predicted molar refractivity (Wildman–Crippen MR) is 81.7 cm³/mol. The summed E-state index contributed by atoms with van der Waals surface area (Å²) in [7, 11) is 0. The average molecular weight is 273 g/mol. The van der Waals surface area contributed by atoms with Crippen molar-refractivity contribution in [2.24, 2.45) is 0 Å². The minimum atomic E-state index is 0.692. The molecule has 0 bridgehead atoms. The van der Waals surface area contributed by atoms with Crippen LogP contribution < -0.4 is 0 Å². The summed E-state index contributed by atoms with van der Waals surface area (Å²) in [6.45, 7) is 0.734. The summed E-state index contributed by atoms with van der Waals surface area (Å²) in [6, 6.07) is 20.2. The first-order chi connectivity index (χ1) is 10.3. The van der Waals surface area contributed by atoms with Gasteiger partial charge in [0.2, 0.25) is 0 Å². The Bertz CT molecular complexity index is 766. The van der Waals surface area contributed by atoms with E-state index in [1.54, 1.807) is 0 Å². The number of imidazole rings is 1. The lowest BCUT2D eigenvalue weighted by atomic mass is 10.1. The molecule has 0 atom stereocenters. The Kier molecular flexibility index (Phi) is 3.79. The molecule has 1 aromatic heterocycles. The van der Waals surface area contributed by atoms with Crippen molar-refractivity contribution >= 4 is 0 Å². The van der Waals surface area contributed by atoms with Gasteiger partial charge in [0.25, 0.3) is 0 Å². The van der Waals surface area contributed by atoms with Crippen LogP contribution in [0.5, 0.6) is 0 Å². The van der Waals surface area contributed by atoms with Gasteiger partial charge in [-0.15, -0.1) is 0 Å². The van der Waals surface area contributed by atoms with E-state index in [4.69, 9.17) is 5.26 Å². The van der Waals surface area contributed by atoms with E-state index < -0.39 is 0 Å². The number of nitriles is 1. The molecule has 3 aromatic rings. The number of hydrogen-bond donors (Lipinski definition) is 0. The van der Waals surface area contributed by atoms with E-state index in [2.05, 4.69) is 27.8 Å². The third kappa shape index (κ3) is 3.18. The maximum absolute atomic E-state index is 8.97. The highest BCUT2D eigenvalue weighted by molar-refractivity contribution is 5.33. The molecule has 3 heteroatoms. The Hall–Kier alpha value is -2.86. The van der Waals surface area contributed by atoms with E-state index in [9.17, 15) is 0 Å². The van der Waals surface area contributed by atoms with Crippen molar-refractivity contribution in [3.63, 3.8) is 0 Å². The summed E-state index contributed by atoms with van der Waals surface area (Å²) in [5.74, 6) is 1.03. The molecule has 21 heavy (non-hydrogen) atoms. The molecule has 0 N–H and O–H groups in total. The van der Waals surface area contributed by atoms with E-state index in [0.717, 1.165) is 24.4 Å². The van der Waals surface area contributed by atoms with Crippen LogP contribution in [0.4, 0.5) is 0 Å². The van der Waals surface area contributed by atoms with Crippen molar-refractivity contribution in [1.29, 1.82) is 5.26 Å². The zero-order valence-electron chi connectivity index (χ0n) is 11.6. The SMILES string of the molecule is N#Cc1cccc(Cn2ccnc2Cc2ccccc2)c1. The van der Waals surface area contributed by atoms with Crippen molar-refractivity contribution < 1.29 is 0 Å². The van der Waals surface area contributed by atoms with E-state index in [-0.39, 0.29) is 0 Å². The standard InChI is InChI=1S/C18H15N3/c19-13-16-7-4-8-17(11-16)14-21-10-9-20-18(21)12-15-5-2-1-3-6-15/h1-11H,12,14H2. The van der Waals surface area contributed by atoms with E-state index in [0.29, 0.717) is 5.56 Å². The molecule has 1 heterocycles. The molecule has 0 aliphatic rings. The lowest BCUT2D eigenvalue weighted by Gasteiger charge is -2.08. The molecule has 102 valence electrons. The van der Waals surface area contributed by atoms with E-state index in [1.165, 1.54) is 5.56 Å². The zero-order valence-corrected chi connectivity index (χ0v) is 11.6. The number of benzene rings is 2. The maximum atomic E-state index is 8.97. The van der Waals surface area contributed by atoms with Gasteiger partial charge in [-0.3, -0.25) is 0 Å². The first-order valence-electron chi connectivity index (χ1n) is 6.88. The molecule has 3 rings (SSSR count). The monoisotopic (exact) mass is 273 g/mol. The second kappa shape index (κ2) is 6.06. The van der Waals surface area contributed by atoms with Crippen molar-refractivity contribution in [2.45, 2.75) is 13.0 Å². The van der Waals surface area contributed by atoms with Gasteiger partial charge in [-0.1, -0.05) is 42.5 Å². The third-order valence-electron chi connectivity index (χ3n) is 3.42. The predicted octanol–water partition coefficient (Wildman–Crippen LogP) is 3.39. The topological polar surface area (TPSA) is 41.6 Å². The molecular formula is C18H15N3. The summed E-state index contributed by atoms with van der Waals surface area (Å²) in [4.78, 5) is 4.45. The second-order valence-electron chi connectivity index (χ2n) is 4.95. The van der Waals surface area contributed by atoms with Crippen LogP contribution in [0, 0.1) is 11.3 Å². The van der Waals surface area contributed by atoms with Crippen molar-refractivity contribution in [3.05, 3.63) is 89.5 Å². The maximum Gasteiger partial charge on any atom is 0.113 e. The van der Waals surface area contributed by atoms with Crippen LogP contribution in [0.1, 0.15) is 22.5 Å². The second-order valence-corrected chi connectivity index (χ2v) is 4.95. The number of rotatable bonds is 4. The van der Waals surface area contributed by atoms with Crippen LogP contribution in [-0.4, -0.2) is 9.55 Å². The highest BCUT2D eigenvalue weighted by atomic mass is 15.1. The quantitative estimate of drug-likeness (QED) is 0.731. The van der Waals surface area contributed by atoms with Crippen LogP contribution in [0.2, 0.25) is 0 Å². The number of nitrogens with zero attached hydrogens (tertiary/aromatic N) is 3. The molecule has 0 saturated heterocycles. The number of hydrogen-bond acceptors (Lipinski definition) is 2. The first-order valence-corrected chi connectivity index (χ1v) is 6.88. The lowest BCUT2D eigenvalue weighted by molar-refractivity contribution is 0.740. The molecular weight excluding hydrogens is 258 g/mol.